The highest BCUT2D eigenvalue weighted by Gasteiger charge is 2.28. The largest absolute Gasteiger partial charge is 0.381 e. The molecule has 0 radical (unpaired) electrons. The summed E-state index contributed by atoms with van der Waals surface area (Å²) in [5.41, 5.74) is 1.45. The molecule has 100 valence electrons. The van der Waals surface area contributed by atoms with Gasteiger partial charge in [-0.1, -0.05) is 0 Å². The van der Waals surface area contributed by atoms with Crippen molar-refractivity contribution >= 4 is 21.3 Å². The fraction of sp³-hybridized carbons (Fsp3) is 0.385. The van der Waals surface area contributed by atoms with Crippen molar-refractivity contribution in [1.82, 2.24) is 0 Å². The van der Waals surface area contributed by atoms with E-state index in [1.54, 1.807) is 18.2 Å². The van der Waals surface area contributed by atoms with E-state index in [2.05, 4.69) is 5.32 Å². The van der Waals surface area contributed by atoms with Gasteiger partial charge < -0.3 is 5.32 Å². The molecule has 1 aromatic carbocycles. The first-order valence-electron chi connectivity index (χ1n) is 5.93. The molecule has 0 aromatic heterocycles. The van der Waals surface area contributed by atoms with Crippen molar-refractivity contribution in [2.45, 2.75) is 19.4 Å². The van der Waals surface area contributed by atoms with Crippen molar-refractivity contribution < 1.29 is 13.2 Å². The fourth-order valence-electron chi connectivity index (χ4n) is 2.17. The van der Waals surface area contributed by atoms with Crippen molar-refractivity contribution in [3.63, 3.8) is 0 Å². The highest BCUT2D eigenvalue weighted by atomic mass is 32.2. The topological polar surface area (TPSA) is 87.0 Å². The normalized spacial score (nSPS) is 20.7. The first-order valence-corrected chi connectivity index (χ1v) is 7.75. The quantitative estimate of drug-likeness (QED) is 0.843. The molecule has 1 heterocycles. The molecule has 1 aliphatic rings. The van der Waals surface area contributed by atoms with Crippen LogP contribution in [0.2, 0.25) is 0 Å². The fourth-order valence-corrected chi connectivity index (χ4v) is 3.84. The van der Waals surface area contributed by atoms with Crippen LogP contribution in [0.25, 0.3) is 0 Å². The van der Waals surface area contributed by atoms with Gasteiger partial charge in [0, 0.05) is 17.3 Å². The van der Waals surface area contributed by atoms with Crippen molar-refractivity contribution in [3.05, 3.63) is 29.3 Å². The van der Waals surface area contributed by atoms with Gasteiger partial charge in [-0.25, -0.2) is 8.42 Å². The molecular formula is C13H14N2O3S. The Balaban J connectivity index is 2.28. The van der Waals surface area contributed by atoms with E-state index < -0.39 is 9.84 Å². The number of benzene rings is 1. The number of sulfone groups is 1. The first kappa shape index (κ1) is 13.6. The summed E-state index contributed by atoms with van der Waals surface area (Å²) in [7, 11) is -2.98. The lowest BCUT2D eigenvalue weighted by atomic mass is 10.1. The smallest absolute Gasteiger partial charge is 0.161 e. The minimum Gasteiger partial charge on any atom is -0.381 e. The molecule has 1 N–H and O–H groups in total. The zero-order chi connectivity index (χ0) is 14.0. The molecule has 2 rings (SSSR count). The summed E-state index contributed by atoms with van der Waals surface area (Å²) in [5, 5.41) is 11.9. The number of rotatable bonds is 3. The predicted molar refractivity (Wildman–Crippen MR) is 71.8 cm³/mol. The van der Waals surface area contributed by atoms with Gasteiger partial charge in [-0.15, -0.1) is 0 Å². The van der Waals surface area contributed by atoms with Crippen LogP contribution >= 0.6 is 0 Å². The average molecular weight is 278 g/mol. The van der Waals surface area contributed by atoms with Gasteiger partial charge in [-0.05, 0) is 31.5 Å². The van der Waals surface area contributed by atoms with Crippen LogP contribution in [0.1, 0.15) is 29.3 Å². The summed E-state index contributed by atoms with van der Waals surface area (Å²) in [6.07, 6.45) is 0.524. The van der Waals surface area contributed by atoms with Crippen molar-refractivity contribution in [2.75, 3.05) is 16.8 Å². The lowest BCUT2D eigenvalue weighted by Crippen LogP contribution is -2.21. The number of ketones is 1. The zero-order valence-corrected chi connectivity index (χ0v) is 11.3. The molecular weight excluding hydrogens is 264 g/mol. The molecule has 1 unspecified atom stereocenters. The number of hydrogen-bond acceptors (Lipinski definition) is 5. The number of carbonyl (C=O) groups is 1. The minimum atomic E-state index is -2.98. The Bertz CT molecular complexity index is 659. The molecule has 0 aliphatic carbocycles. The van der Waals surface area contributed by atoms with Gasteiger partial charge in [0.1, 0.15) is 0 Å². The summed E-state index contributed by atoms with van der Waals surface area (Å²) in [6, 6.07) is 6.56. The van der Waals surface area contributed by atoms with E-state index in [4.69, 9.17) is 5.26 Å². The summed E-state index contributed by atoms with van der Waals surface area (Å²) in [6.45, 7) is 1.44. The monoisotopic (exact) mass is 278 g/mol. The summed E-state index contributed by atoms with van der Waals surface area (Å²) in [4.78, 5) is 11.5. The molecule has 0 bridgehead atoms. The Morgan fingerprint density at radius 1 is 1.47 bits per heavy atom. The standard InChI is InChI=1S/C13H14N2O3S/c1-9(16)12-3-2-10(7-14)6-13(12)15-11-4-5-19(17,18)8-11/h2-3,6,11,15H,4-5,8H2,1H3. The molecule has 0 spiro atoms. The third-order valence-corrected chi connectivity index (χ3v) is 4.89. The van der Waals surface area contributed by atoms with Crippen molar-refractivity contribution in [2.24, 2.45) is 0 Å². The minimum absolute atomic E-state index is 0.0706. The van der Waals surface area contributed by atoms with Crippen LogP contribution in [0, 0.1) is 11.3 Å². The maximum atomic E-state index is 11.5. The molecule has 6 heteroatoms. The van der Waals surface area contributed by atoms with Crippen LogP contribution < -0.4 is 5.32 Å². The van der Waals surface area contributed by atoms with Crippen LogP contribution in [0.5, 0.6) is 0 Å². The van der Waals surface area contributed by atoms with Crippen molar-refractivity contribution in [1.29, 1.82) is 5.26 Å². The number of hydrogen-bond donors (Lipinski definition) is 1. The van der Waals surface area contributed by atoms with Gasteiger partial charge in [0.2, 0.25) is 0 Å². The van der Waals surface area contributed by atoms with Gasteiger partial charge in [0.25, 0.3) is 0 Å². The second-order valence-corrected chi connectivity index (χ2v) is 6.90. The molecule has 0 amide bonds. The average Bonchev–Trinajstić information content (AvgIpc) is 2.68. The number of nitrogens with zero attached hydrogens (tertiary/aromatic N) is 1. The van der Waals surface area contributed by atoms with Gasteiger partial charge in [0.05, 0.1) is 23.1 Å². The first-order chi connectivity index (χ1) is 8.91. The zero-order valence-electron chi connectivity index (χ0n) is 10.5. The van der Waals surface area contributed by atoms with E-state index in [0.29, 0.717) is 23.2 Å². The lowest BCUT2D eigenvalue weighted by Gasteiger charge is -2.15. The third-order valence-electron chi connectivity index (χ3n) is 3.12. The van der Waals surface area contributed by atoms with Crippen LogP contribution in [0.15, 0.2) is 18.2 Å². The predicted octanol–water partition coefficient (Wildman–Crippen LogP) is 1.36. The van der Waals surface area contributed by atoms with E-state index in [-0.39, 0.29) is 23.3 Å². The third kappa shape index (κ3) is 3.12. The van der Waals surface area contributed by atoms with Crippen LogP contribution in [-0.2, 0) is 9.84 Å². The summed E-state index contributed by atoms with van der Waals surface area (Å²) >= 11 is 0. The van der Waals surface area contributed by atoms with Crippen LogP contribution in [-0.4, -0.2) is 31.7 Å². The Hall–Kier alpha value is -1.87. The molecule has 1 saturated heterocycles. The van der Waals surface area contributed by atoms with Crippen LogP contribution in [0.3, 0.4) is 0 Å². The van der Waals surface area contributed by atoms with E-state index in [0.717, 1.165) is 0 Å². The molecule has 1 atom stereocenters. The molecule has 1 aromatic rings. The Kier molecular flexibility index (Phi) is 3.58. The number of carbonyl (C=O) groups excluding carboxylic acids is 1. The Morgan fingerprint density at radius 2 is 2.21 bits per heavy atom. The maximum absolute atomic E-state index is 11.5. The van der Waals surface area contributed by atoms with Crippen molar-refractivity contribution in [3.8, 4) is 6.07 Å². The number of anilines is 1. The summed E-state index contributed by atoms with van der Waals surface area (Å²) < 4.78 is 22.8. The van der Waals surface area contributed by atoms with E-state index >= 15 is 0 Å². The van der Waals surface area contributed by atoms with E-state index in [9.17, 15) is 13.2 Å². The molecule has 5 nitrogen and oxygen atoms in total. The number of Topliss-reactive ketones (excluding diaryl/α,β-unsaturated/α-hetero) is 1. The highest BCUT2D eigenvalue weighted by Crippen LogP contribution is 2.22. The molecule has 1 fully saturated rings. The van der Waals surface area contributed by atoms with Crippen LogP contribution in [0.4, 0.5) is 5.69 Å². The number of nitrogens with one attached hydrogen (secondary N) is 1. The maximum Gasteiger partial charge on any atom is 0.161 e. The van der Waals surface area contributed by atoms with E-state index in [1.165, 1.54) is 6.92 Å². The second kappa shape index (κ2) is 5.02. The Labute approximate surface area is 112 Å². The van der Waals surface area contributed by atoms with Gasteiger partial charge in [0.15, 0.2) is 15.6 Å². The molecule has 1 aliphatic heterocycles. The second-order valence-electron chi connectivity index (χ2n) is 4.67. The van der Waals surface area contributed by atoms with Gasteiger partial charge >= 0.3 is 0 Å². The van der Waals surface area contributed by atoms with E-state index in [1.807, 2.05) is 6.07 Å². The Morgan fingerprint density at radius 3 is 2.74 bits per heavy atom. The van der Waals surface area contributed by atoms with Gasteiger partial charge in [-0.2, -0.15) is 5.26 Å². The number of nitriles is 1. The molecule has 0 saturated carbocycles. The lowest BCUT2D eigenvalue weighted by molar-refractivity contribution is 0.101. The SMILES string of the molecule is CC(=O)c1ccc(C#N)cc1NC1CCS(=O)(=O)C1. The van der Waals surface area contributed by atoms with Gasteiger partial charge in [-0.3, -0.25) is 4.79 Å². The summed E-state index contributed by atoms with van der Waals surface area (Å²) in [5.74, 6) is 0.118. The highest BCUT2D eigenvalue weighted by molar-refractivity contribution is 7.91. The molecule has 19 heavy (non-hydrogen) atoms.